The second kappa shape index (κ2) is 5.12. The highest BCUT2D eigenvalue weighted by atomic mass is 35.5. The number of carbonyl (C=O) groups is 3. The van der Waals surface area contributed by atoms with Gasteiger partial charge in [-0.05, 0) is 24.3 Å². The van der Waals surface area contributed by atoms with Gasteiger partial charge in [-0.2, -0.15) is 0 Å². The van der Waals surface area contributed by atoms with Gasteiger partial charge in [0, 0.05) is 0 Å². The Morgan fingerprint density at radius 1 is 0.909 bits per heavy atom. The summed E-state index contributed by atoms with van der Waals surface area (Å²) in [5.41, 5.74) is 0.388. The fraction of sp³-hybridized carbons (Fsp3) is 0. The van der Waals surface area contributed by atoms with Crippen LogP contribution < -0.4 is 4.90 Å². The molecule has 0 bridgehead atoms. The first kappa shape index (κ1) is 14.6. The van der Waals surface area contributed by atoms with Crippen LogP contribution >= 0.6 is 23.2 Å². The maximum atomic E-state index is 12.4. The maximum absolute atomic E-state index is 12.4. The van der Waals surface area contributed by atoms with Gasteiger partial charge in [0.2, 0.25) is 0 Å². The molecule has 2 aromatic rings. The molecule has 3 rings (SSSR count). The van der Waals surface area contributed by atoms with E-state index in [0.29, 0.717) is 0 Å². The SMILES string of the molecule is O=C(O)c1ccc(N2C(=O)c3ccccc3C2=O)c(Cl)c1Cl. The number of benzene rings is 2. The van der Waals surface area contributed by atoms with Crippen LogP contribution in [0.3, 0.4) is 0 Å². The number of anilines is 1. The molecule has 1 aliphatic heterocycles. The van der Waals surface area contributed by atoms with E-state index in [1.807, 2.05) is 0 Å². The van der Waals surface area contributed by atoms with E-state index in [9.17, 15) is 14.4 Å². The molecule has 0 spiro atoms. The molecule has 1 heterocycles. The van der Waals surface area contributed by atoms with Crippen LogP contribution in [0.2, 0.25) is 10.0 Å². The molecule has 2 amide bonds. The summed E-state index contributed by atoms with van der Waals surface area (Å²) >= 11 is 12.0. The normalized spacial score (nSPS) is 13.5. The topological polar surface area (TPSA) is 74.7 Å². The second-order valence-electron chi connectivity index (χ2n) is 4.56. The molecular formula is C15H7Cl2NO4. The summed E-state index contributed by atoms with van der Waals surface area (Å²) in [6, 6.07) is 8.87. The zero-order chi connectivity index (χ0) is 16.0. The van der Waals surface area contributed by atoms with Crippen LogP contribution in [-0.2, 0) is 0 Å². The van der Waals surface area contributed by atoms with E-state index >= 15 is 0 Å². The fourth-order valence-electron chi connectivity index (χ4n) is 2.29. The fourth-order valence-corrected chi connectivity index (χ4v) is 2.78. The monoisotopic (exact) mass is 335 g/mol. The number of nitrogens with zero attached hydrogens (tertiary/aromatic N) is 1. The van der Waals surface area contributed by atoms with Crippen molar-refractivity contribution < 1.29 is 19.5 Å². The summed E-state index contributed by atoms with van der Waals surface area (Å²) in [7, 11) is 0. The van der Waals surface area contributed by atoms with E-state index in [0.717, 1.165) is 4.90 Å². The Kier molecular flexibility index (Phi) is 3.39. The van der Waals surface area contributed by atoms with Gasteiger partial charge in [-0.1, -0.05) is 35.3 Å². The van der Waals surface area contributed by atoms with Crippen LogP contribution in [0.4, 0.5) is 5.69 Å². The Morgan fingerprint density at radius 3 is 1.95 bits per heavy atom. The molecule has 0 saturated heterocycles. The number of imide groups is 1. The van der Waals surface area contributed by atoms with E-state index in [4.69, 9.17) is 28.3 Å². The number of rotatable bonds is 2. The van der Waals surface area contributed by atoms with Crippen molar-refractivity contribution in [2.24, 2.45) is 0 Å². The molecule has 110 valence electrons. The molecule has 0 radical (unpaired) electrons. The van der Waals surface area contributed by atoms with Crippen molar-refractivity contribution in [3.8, 4) is 0 Å². The Labute approximate surface area is 134 Å². The minimum Gasteiger partial charge on any atom is -0.478 e. The number of carbonyl (C=O) groups excluding carboxylic acids is 2. The molecule has 0 aliphatic carbocycles. The molecule has 0 atom stereocenters. The predicted molar refractivity (Wildman–Crippen MR) is 81.0 cm³/mol. The molecule has 1 aliphatic rings. The molecule has 5 nitrogen and oxygen atoms in total. The van der Waals surface area contributed by atoms with Crippen molar-refractivity contribution >= 4 is 46.7 Å². The summed E-state index contributed by atoms with van der Waals surface area (Å²) in [6.45, 7) is 0. The summed E-state index contributed by atoms with van der Waals surface area (Å²) in [5, 5.41) is 8.63. The number of carboxylic acids is 1. The van der Waals surface area contributed by atoms with Gasteiger partial charge in [0.25, 0.3) is 11.8 Å². The lowest BCUT2D eigenvalue weighted by atomic mass is 10.1. The van der Waals surface area contributed by atoms with Crippen LogP contribution in [0.5, 0.6) is 0 Å². The zero-order valence-electron chi connectivity index (χ0n) is 10.8. The standard InChI is InChI=1S/C15H7Cl2NO4/c16-11-9(15(21)22)5-6-10(12(11)17)18-13(19)7-3-1-2-4-8(7)14(18)20/h1-6H,(H,21,22). The molecule has 0 aromatic heterocycles. The van der Waals surface area contributed by atoms with Crippen LogP contribution in [0.25, 0.3) is 0 Å². The van der Waals surface area contributed by atoms with Crippen LogP contribution in [0.15, 0.2) is 36.4 Å². The minimum atomic E-state index is -1.25. The summed E-state index contributed by atoms with van der Waals surface area (Å²) in [4.78, 5) is 36.7. The Hall–Kier alpha value is -2.37. The first-order valence-electron chi connectivity index (χ1n) is 6.12. The van der Waals surface area contributed by atoms with Gasteiger partial charge in [-0.3, -0.25) is 9.59 Å². The number of carboxylic acid groups (broad SMARTS) is 1. The molecule has 0 saturated carbocycles. The van der Waals surface area contributed by atoms with Gasteiger partial charge in [-0.15, -0.1) is 0 Å². The van der Waals surface area contributed by atoms with Crippen LogP contribution in [-0.4, -0.2) is 22.9 Å². The zero-order valence-corrected chi connectivity index (χ0v) is 12.4. The average Bonchev–Trinajstić information content (AvgIpc) is 2.74. The smallest absolute Gasteiger partial charge is 0.337 e. The number of hydrogen-bond acceptors (Lipinski definition) is 3. The van der Waals surface area contributed by atoms with Crippen molar-refractivity contribution in [1.82, 2.24) is 0 Å². The third-order valence-electron chi connectivity index (χ3n) is 3.33. The van der Waals surface area contributed by atoms with E-state index in [2.05, 4.69) is 0 Å². The Morgan fingerprint density at radius 2 is 1.45 bits per heavy atom. The van der Waals surface area contributed by atoms with E-state index in [1.165, 1.54) is 24.3 Å². The largest absolute Gasteiger partial charge is 0.478 e. The van der Waals surface area contributed by atoms with Crippen molar-refractivity contribution in [3.63, 3.8) is 0 Å². The van der Waals surface area contributed by atoms with Crippen molar-refractivity contribution in [1.29, 1.82) is 0 Å². The highest BCUT2D eigenvalue weighted by molar-refractivity contribution is 6.47. The number of amides is 2. The first-order chi connectivity index (χ1) is 10.4. The maximum Gasteiger partial charge on any atom is 0.337 e. The lowest BCUT2D eigenvalue weighted by Gasteiger charge is -2.17. The first-order valence-corrected chi connectivity index (χ1v) is 6.88. The molecule has 1 N–H and O–H groups in total. The predicted octanol–water partition coefficient (Wildman–Crippen LogP) is 3.49. The lowest BCUT2D eigenvalue weighted by Crippen LogP contribution is -2.29. The average molecular weight is 336 g/mol. The van der Waals surface area contributed by atoms with Gasteiger partial charge < -0.3 is 5.11 Å². The number of hydrogen-bond donors (Lipinski definition) is 1. The number of aromatic carboxylic acids is 1. The van der Waals surface area contributed by atoms with E-state index < -0.39 is 17.8 Å². The molecule has 7 heteroatoms. The quantitative estimate of drug-likeness (QED) is 0.852. The molecular weight excluding hydrogens is 329 g/mol. The molecule has 0 fully saturated rings. The summed E-state index contributed by atoms with van der Waals surface area (Å²) in [5.74, 6) is -2.30. The highest BCUT2D eigenvalue weighted by Gasteiger charge is 2.37. The third kappa shape index (κ3) is 1.98. The molecule has 2 aromatic carbocycles. The van der Waals surface area contributed by atoms with Crippen molar-refractivity contribution in [2.45, 2.75) is 0 Å². The third-order valence-corrected chi connectivity index (χ3v) is 4.20. The lowest BCUT2D eigenvalue weighted by molar-refractivity contribution is 0.0696. The van der Waals surface area contributed by atoms with Gasteiger partial charge in [-0.25, -0.2) is 9.69 Å². The van der Waals surface area contributed by atoms with Gasteiger partial charge in [0.1, 0.15) is 0 Å². The molecule has 22 heavy (non-hydrogen) atoms. The second-order valence-corrected chi connectivity index (χ2v) is 5.31. The summed E-state index contributed by atoms with van der Waals surface area (Å²) in [6.07, 6.45) is 0. The minimum absolute atomic E-state index is 0.0582. The van der Waals surface area contributed by atoms with Gasteiger partial charge >= 0.3 is 5.97 Å². The Balaban J connectivity index is 2.15. The van der Waals surface area contributed by atoms with Crippen LogP contribution in [0, 0.1) is 0 Å². The van der Waals surface area contributed by atoms with Gasteiger partial charge in [0.15, 0.2) is 0 Å². The van der Waals surface area contributed by atoms with Crippen LogP contribution in [0.1, 0.15) is 31.1 Å². The highest BCUT2D eigenvalue weighted by Crippen LogP contribution is 2.38. The number of halogens is 2. The van der Waals surface area contributed by atoms with E-state index in [-0.39, 0.29) is 32.4 Å². The van der Waals surface area contributed by atoms with E-state index in [1.54, 1.807) is 12.1 Å². The molecule has 0 unspecified atom stereocenters. The van der Waals surface area contributed by atoms with Gasteiger partial charge in [0.05, 0.1) is 32.4 Å². The van der Waals surface area contributed by atoms with Crippen molar-refractivity contribution in [3.05, 3.63) is 63.1 Å². The van der Waals surface area contributed by atoms with Crippen molar-refractivity contribution in [2.75, 3.05) is 4.90 Å². The number of fused-ring (bicyclic) bond motifs is 1. The Bertz CT molecular complexity index is 812. The summed E-state index contributed by atoms with van der Waals surface area (Å²) < 4.78 is 0.